The maximum atomic E-state index is 6.16. The molecule has 5 nitrogen and oxygen atoms in total. The van der Waals surface area contributed by atoms with E-state index in [1.54, 1.807) is 6.20 Å². The summed E-state index contributed by atoms with van der Waals surface area (Å²) in [7, 11) is 0. The van der Waals surface area contributed by atoms with Crippen LogP contribution in [0.25, 0.3) is 44.7 Å². The van der Waals surface area contributed by atoms with Gasteiger partial charge in [0.2, 0.25) is 5.28 Å². The molecule has 6 heteroatoms. The molecule has 0 aliphatic carbocycles. The zero-order chi connectivity index (χ0) is 18.2. The summed E-state index contributed by atoms with van der Waals surface area (Å²) in [4.78, 5) is 22.4. The van der Waals surface area contributed by atoms with Gasteiger partial charge in [0.05, 0.1) is 11.0 Å². The highest BCUT2D eigenvalue weighted by atomic mass is 35.5. The Morgan fingerprint density at radius 1 is 0.593 bits per heavy atom. The van der Waals surface area contributed by atoms with Gasteiger partial charge >= 0.3 is 0 Å². The van der Waals surface area contributed by atoms with E-state index in [0.29, 0.717) is 17.3 Å². The number of rotatable bonds is 2. The summed E-state index contributed by atoms with van der Waals surface area (Å²) in [6, 6.07) is 21.5. The van der Waals surface area contributed by atoms with Crippen LogP contribution < -0.4 is 0 Å². The number of benzene rings is 2. The lowest BCUT2D eigenvalue weighted by molar-refractivity contribution is 1.05. The average molecular weight is 370 g/mol. The third-order valence-corrected chi connectivity index (χ3v) is 4.47. The molecule has 0 unspecified atom stereocenters. The Balaban J connectivity index is 1.71. The lowest BCUT2D eigenvalue weighted by Crippen LogP contribution is -1.99. The van der Waals surface area contributed by atoms with Gasteiger partial charge in [0.1, 0.15) is 5.69 Å². The number of nitrogens with zero attached hydrogens (tertiary/aromatic N) is 5. The second-order valence-corrected chi connectivity index (χ2v) is 6.36. The third kappa shape index (κ3) is 2.88. The highest BCUT2D eigenvalue weighted by Crippen LogP contribution is 2.26. The summed E-state index contributed by atoms with van der Waals surface area (Å²) in [5.41, 5.74) is 3.15. The summed E-state index contributed by atoms with van der Waals surface area (Å²) in [6.07, 6.45) is 1.77. The van der Waals surface area contributed by atoms with Gasteiger partial charge in [-0.2, -0.15) is 9.97 Å². The van der Waals surface area contributed by atoms with Crippen molar-refractivity contribution in [3.05, 3.63) is 78.2 Å². The maximum absolute atomic E-state index is 6.16. The van der Waals surface area contributed by atoms with Crippen LogP contribution in [0.5, 0.6) is 0 Å². The van der Waals surface area contributed by atoms with Gasteiger partial charge in [0.15, 0.2) is 11.6 Å². The van der Waals surface area contributed by atoms with Crippen LogP contribution in [0, 0.1) is 0 Å². The van der Waals surface area contributed by atoms with Crippen LogP contribution in [-0.2, 0) is 0 Å². The van der Waals surface area contributed by atoms with Crippen molar-refractivity contribution in [3.8, 4) is 22.9 Å². The number of hydrogen-bond acceptors (Lipinski definition) is 5. The molecule has 2 aromatic carbocycles. The van der Waals surface area contributed by atoms with E-state index in [4.69, 9.17) is 16.6 Å². The Labute approximate surface area is 159 Å². The minimum Gasteiger partial charge on any atom is -0.254 e. The van der Waals surface area contributed by atoms with E-state index in [1.807, 2.05) is 66.7 Å². The predicted molar refractivity (Wildman–Crippen MR) is 106 cm³/mol. The van der Waals surface area contributed by atoms with E-state index in [0.717, 1.165) is 27.4 Å². The van der Waals surface area contributed by atoms with Crippen molar-refractivity contribution in [3.63, 3.8) is 0 Å². The highest BCUT2D eigenvalue weighted by molar-refractivity contribution is 6.28. The number of halogens is 1. The van der Waals surface area contributed by atoms with Gasteiger partial charge in [-0.3, -0.25) is 4.98 Å². The molecule has 3 heterocycles. The van der Waals surface area contributed by atoms with Gasteiger partial charge in [0, 0.05) is 22.5 Å². The first-order valence-electron chi connectivity index (χ1n) is 8.40. The molecular weight excluding hydrogens is 358 g/mol. The van der Waals surface area contributed by atoms with Crippen LogP contribution in [0.4, 0.5) is 0 Å². The van der Waals surface area contributed by atoms with Gasteiger partial charge < -0.3 is 0 Å². The molecule has 0 bridgehead atoms. The molecular formula is C21H12ClN5. The van der Waals surface area contributed by atoms with E-state index in [-0.39, 0.29) is 5.28 Å². The van der Waals surface area contributed by atoms with Crippen LogP contribution in [0.3, 0.4) is 0 Å². The molecule has 128 valence electrons. The molecule has 0 spiro atoms. The second-order valence-electron chi connectivity index (χ2n) is 6.03. The van der Waals surface area contributed by atoms with Crippen molar-refractivity contribution in [2.45, 2.75) is 0 Å². The lowest BCUT2D eigenvalue weighted by atomic mass is 10.1. The summed E-state index contributed by atoms with van der Waals surface area (Å²) >= 11 is 6.16. The van der Waals surface area contributed by atoms with Crippen LogP contribution in [-0.4, -0.2) is 24.9 Å². The maximum Gasteiger partial charge on any atom is 0.226 e. The zero-order valence-electron chi connectivity index (χ0n) is 14.0. The normalized spacial score (nSPS) is 11.1. The molecule has 0 radical (unpaired) electrons. The second kappa shape index (κ2) is 6.37. The van der Waals surface area contributed by atoms with Crippen LogP contribution in [0.2, 0.25) is 5.28 Å². The number of fused-ring (bicyclic) bond motifs is 3. The Hall–Kier alpha value is -3.44. The molecule has 5 aromatic rings. The lowest BCUT2D eigenvalue weighted by Gasteiger charge is -2.07. The first-order valence-corrected chi connectivity index (χ1v) is 8.77. The zero-order valence-corrected chi connectivity index (χ0v) is 14.8. The highest BCUT2D eigenvalue weighted by Gasteiger charge is 2.12. The molecule has 27 heavy (non-hydrogen) atoms. The van der Waals surface area contributed by atoms with Crippen molar-refractivity contribution in [2.75, 3.05) is 0 Å². The molecule has 0 N–H and O–H groups in total. The molecule has 5 rings (SSSR count). The average Bonchev–Trinajstić information content (AvgIpc) is 2.73. The Kier molecular flexibility index (Phi) is 3.73. The van der Waals surface area contributed by atoms with Gasteiger partial charge in [-0.15, -0.1) is 0 Å². The Bertz CT molecular complexity index is 1290. The standard InChI is InChI=1S/C21H12ClN5/c22-21-26-19(15-5-2-1-3-6-15)25-20(27-21)16-11-10-14-9-8-13-7-4-12-23-17(13)18(14)24-16/h1-12H. The SMILES string of the molecule is Clc1nc(-c2ccccc2)nc(-c2ccc3ccc4cccnc4c3n2)n1. The summed E-state index contributed by atoms with van der Waals surface area (Å²) in [6.45, 7) is 0. The van der Waals surface area contributed by atoms with Gasteiger partial charge in [0.25, 0.3) is 0 Å². The van der Waals surface area contributed by atoms with Gasteiger partial charge in [-0.1, -0.05) is 54.6 Å². The molecule has 0 saturated carbocycles. The van der Waals surface area contributed by atoms with Crippen LogP contribution >= 0.6 is 11.6 Å². The summed E-state index contributed by atoms with van der Waals surface area (Å²) < 4.78 is 0. The number of pyridine rings is 2. The molecule has 3 aromatic heterocycles. The fourth-order valence-corrected chi connectivity index (χ4v) is 3.19. The van der Waals surface area contributed by atoms with Gasteiger partial charge in [-0.25, -0.2) is 9.97 Å². The smallest absolute Gasteiger partial charge is 0.226 e. The third-order valence-electron chi connectivity index (χ3n) is 4.30. The van der Waals surface area contributed by atoms with Crippen molar-refractivity contribution in [1.29, 1.82) is 0 Å². The molecule has 0 aliphatic rings. The van der Waals surface area contributed by atoms with Crippen molar-refractivity contribution >= 4 is 33.4 Å². The molecule has 0 atom stereocenters. The molecule has 0 fully saturated rings. The van der Waals surface area contributed by atoms with Crippen LogP contribution in [0.15, 0.2) is 72.9 Å². The monoisotopic (exact) mass is 369 g/mol. The predicted octanol–water partition coefficient (Wildman–Crippen LogP) is 4.96. The van der Waals surface area contributed by atoms with E-state index >= 15 is 0 Å². The molecule has 0 saturated heterocycles. The van der Waals surface area contributed by atoms with E-state index < -0.39 is 0 Å². The van der Waals surface area contributed by atoms with E-state index in [1.165, 1.54) is 0 Å². The van der Waals surface area contributed by atoms with Crippen molar-refractivity contribution in [2.24, 2.45) is 0 Å². The topological polar surface area (TPSA) is 64.5 Å². The van der Waals surface area contributed by atoms with Crippen molar-refractivity contribution in [1.82, 2.24) is 24.9 Å². The molecule has 0 aliphatic heterocycles. The van der Waals surface area contributed by atoms with Crippen LogP contribution in [0.1, 0.15) is 0 Å². The Morgan fingerprint density at radius 3 is 2.19 bits per heavy atom. The van der Waals surface area contributed by atoms with Crippen molar-refractivity contribution < 1.29 is 0 Å². The fraction of sp³-hybridized carbons (Fsp3) is 0. The van der Waals surface area contributed by atoms with E-state index in [2.05, 4.69) is 19.9 Å². The molecule has 0 amide bonds. The quantitative estimate of drug-likeness (QED) is 0.412. The largest absolute Gasteiger partial charge is 0.254 e. The first kappa shape index (κ1) is 15.8. The summed E-state index contributed by atoms with van der Waals surface area (Å²) in [5.74, 6) is 0.951. The fourth-order valence-electron chi connectivity index (χ4n) is 3.03. The summed E-state index contributed by atoms with van der Waals surface area (Å²) in [5, 5.41) is 2.18. The van der Waals surface area contributed by atoms with Gasteiger partial charge in [-0.05, 0) is 23.7 Å². The Morgan fingerprint density at radius 2 is 1.33 bits per heavy atom. The number of aromatic nitrogens is 5. The first-order chi connectivity index (χ1) is 13.3. The minimum atomic E-state index is 0.136. The van der Waals surface area contributed by atoms with E-state index in [9.17, 15) is 0 Å². The number of hydrogen-bond donors (Lipinski definition) is 0. The minimum absolute atomic E-state index is 0.136.